The van der Waals surface area contributed by atoms with Crippen molar-refractivity contribution in [3.8, 4) is 5.19 Å². The maximum absolute atomic E-state index is 5.99. The van der Waals surface area contributed by atoms with Crippen molar-refractivity contribution in [3.05, 3.63) is 27.9 Å². The van der Waals surface area contributed by atoms with E-state index < -0.39 is 0 Å². The molecule has 2 aromatic rings. The third-order valence-corrected chi connectivity index (χ3v) is 6.30. The maximum Gasteiger partial charge on any atom is 0.274 e. The van der Waals surface area contributed by atoms with Crippen LogP contribution in [0.1, 0.15) is 44.1 Å². The fraction of sp³-hybridized carbons (Fsp3) is 0.588. The molecule has 2 aromatic heterocycles. The second-order valence-electron chi connectivity index (χ2n) is 6.67. The highest BCUT2D eigenvalue weighted by Gasteiger charge is 2.28. The SMILES string of the molecule is CC(Oc1ncc(Br)s1)C1CCN(c2ncc(C3CC3)cn2)CC1. The average molecular weight is 409 g/mol. The lowest BCUT2D eigenvalue weighted by atomic mass is 9.92. The average Bonchev–Trinajstić information content (AvgIpc) is 3.38. The minimum absolute atomic E-state index is 0.184. The molecule has 1 saturated carbocycles. The van der Waals surface area contributed by atoms with E-state index in [0.717, 1.165) is 40.9 Å². The fourth-order valence-electron chi connectivity index (χ4n) is 3.24. The summed E-state index contributed by atoms with van der Waals surface area (Å²) in [7, 11) is 0. The Morgan fingerprint density at radius 3 is 2.42 bits per heavy atom. The summed E-state index contributed by atoms with van der Waals surface area (Å²) in [6, 6.07) is 0. The third kappa shape index (κ3) is 3.72. The van der Waals surface area contributed by atoms with Gasteiger partial charge in [0.25, 0.3) is 5.19 Å². The number of hydrogen-bond donors (Lipinski definition) is 0. The van der Waals surface area contributed by atoms with E-state index in [1.54, 1.807) is 6.20 Å². The van der Waals surface area contributed by atoms with Crippen LogP contribution < -0.4 is 9.64 Å². The van der Waals surface area contributed by atoms with Crippen LogP contribution in [0.2, 0.25) is 0 Å². The van der Waals surface area contributed by atoms with Crippen LogP contribution in [0.25, 0.3) is 0 Å². The first-order valence-electron chi connectivity index (χ1n) is 8.54. The topological polar surface area (TPSA) is 51.1 Å². The first kappa shape index (κ1) is 16.3. The van der Waals surface area contributed by atoms with Crippen LogP contribution in [-0.2, 0) is 0 Å². The Morgan fingerprint density at radius 1 is 1.12 bits per heavy atom. The minimum atomic E-state index is 0.184. The summed E-state index contributed by atoms with van der Waals surface area (Å²) in [6.07, 6.45) is 10.8. The van der Waals surface area contributed by atoms with Crippen molar-refractivity contribution in [1.82, 2.24) is 15.0 Å². The van der Waals surface area contributed by atoms with Gasteiger partial charge in [-0.25, -0.2) is 15.0 Å². The van der Waals surface area contributed by atoms with Crippen molar-refractivity contribution < 1.29 is 4.74 Å². The zero-order chi connectivity index (χ0) is 16.5. The molecule has 7 heteroatoms. The fourth-order valence-corrected chi connectivity index (χ4v) is 4.34. The highest BCUT2D eigenvalue weighted by molar-refractivity contribution is 9.11. The van der Waals surface area contributed by atoms with Gasteiger partial charge in [-0.3, -0.25) is 0 Å². The summed E-state index contributed by atoms with van der Waals surface area (Å²) >= 11 is 4.96. The van der Waals surface area contributed by atoms with Gasteiger partial charge in [-0.1, -0.05) is 11.3 Å². The smallest absolute Gasteiger partial charge is 0.274 e. The van der Waals surface area contributed by atoms with Crippen LogP contribution in [-0.4, -0.2) is 34.1 Å². The molecule has 5 nitrogen and oxygen atoms in total. The third-order valence-electron chi connectivity index (χ3n) is 4.94. The number of hydrogen-bond acceptors (Lipinski definition) is 6. The van der Waals surface area contributed by atoms with Gasteiger partial charge in [0.1, 0.15) is 6.10 Å². The van der Waals surface area contributed by atoms with Crippen LogP contribution >= 0.6 is 27.3 Å². The van der Waals surface area contributed by atoms with Gasteiger partial charge in [-0.2, -0.15) is 0 Å². The van der Waals surface area contributed by atoms with Gasteiger partial charge in [0.05, 0.1) is 9.98 Å². The molecule has 1 aliphatic heterocycles. The van der Waals surface area contributed by atoms with E-state index in [0.29, 0.717) is 11.8 Å². The number of piperidine rings is 1. The Kier molecular flexibility index (Phi) is 4.72. The summed E-state index contributed by atoms with van der Waals surface area (Å²) in [5, 5.41) is 0.746. The van der Waals surface area contributed by atoms with Crippen molar-refractivity contribution >= 4 is 33.2 Å². The molecule has 0 bridgehead atoms. The van der Waals surface area contributed by atoms with Crippen LogP contribution in [0, 0.1) is 5.92 Å². The van der Waals surface area contributed by atoms with Gasteiger partial charge in [0.2, 0.25) is 5.95 Å². The normalized spacial score (nSPS) is 20.2. The predicted octanol–water partition coefficient (Wildman–Crippen LogP) is 4.26. The van der Waals surface area contributed by atoms with Gasteiger partial charge >= 0.3 is 0 Å². The molecule has 128 valence electrons. The first-order valence-corrected chi connectivity index (χ1v) is 10.1. The molecular weight excluding hydrogens is 388 g/mol. The molecule has 3 heterocycles. The molecule has 0 radical (unpaired) electrons. The van der Waals surface area contributed by atoms with E-state index in [9.17, 15) is 0 Å². The largest absolute Gasteiger partial charge is 0.467 e. The zero-order valence-electron chi connectivity index (χ0n) is 13.7. The molecule has 0 N–H and O–H groups in total. The van der Waals surface area contributed by atoms with E-state index in [2.05, 4.69) is 42.7 Å². The van der Waals surface area contributed by atoms with Crippen molar-refractivity contribution in [1.29, 1.82) is 0 Å². The number of halogens is 1. The Balaban J connectivity index is 1.30. The van der Waals surface area contributed by atoms with E-state index in [1.165, 1.54) is 29.7 Å². The zero-order valence-corrected chi connectivity index (χ0v) is 16.1. The molecule has 1 saturated heterocycles. The van der Waals surface area contributed by atoms with Crippen molar-refractivity contribution in [2.75, 3.05) is 18.0 Å². The van der Waals surface area contributed by atoms with E-state index >= 15 is 0 Å². The number of thiazole rings is 1. The summed E-state index contributed by atoms with van der Waals surface area (Å²) < 4.78 is 7.00. The van der Waals surface area contributed by atoms with Crippen molar-refractivity contribution in [2.45, 2.75) is 44.6 Å². The summed E-state index contributed by atoms with van der Waals surface area (Å²) in [4.78, 5) is 15.7. The Labute approximate surface area is 154 Å². The lowest BCUT2D eigenvalue weighted by molar-refractivity contribution is 0.132. The number of anilines is 1. The lowest BCUT2D eigenvalue weighted by Gasteiger charge is -2.34. The summed E-state index contributed by atoms with van der Waals surface area (Å²) in [6.45, 7) is 4.13. The van der Waals surface area contributed by atoms with Gasteiger partial charge in [0, 0.05) is 25.5 Å². The first-order chi connectivity index (χ1) is 11.7. The summed E-state index contributed by atoms with van der Waals surface area (Å²) in [5.74, 6) is 2.14. The second kappa shape index (κ2) is 6.96. The van der Waals surface area contributed by atoms with Crippen LogP contribution in [0.4, 0.5) is 5.95 Å². The van der Waals surface area contributed by atoms with Crippen LogP contribution in [0.15, 0.2) is 22.4 Å². The Morgan fingerprint density at radius 2 is 1.83 bits per heavy atom. The quantitative estimate of drug-likeness (QED) is 0.739. The second-order valence-corrected chi connectivity index (χ2v) is 9.04. The molecule has 2 fully saturated rings. The van der Waals surface area contributed by atoms with Crippen molar-refractivity contribution in [3.63, 3.8) is 0 Å². The molecule has 24 heavy (non-hydrogen) atoms. The number of nitrogens with zero attached hydrogens (tertiary/aromatic N) is 4. The lowest BCUT2D eigenvalue weighted by Crippen LogP contribution is -2.39. The Bertz CT molecular complexity index is 680. The standard InChI is InChI=1S/C17H21BrN4OS/c1-11(23-17-21-10-15(18)24-17)12-4-6-22(7-5-12)16-19-8-14(9-20-16)13-2-3-13/h8-13H,2-7H2,1H3. The molecule has 0 amide bonds. The molecule has 1 atom stereocenters. The van der Waals surface area contributed by atoms with Gasteiger partial charge in [0.15, 0.2) is 0 Å². The van der Waals surface area contributed by atoms with Crippen LogP contribution in [0.5, 0.6) is 5.19 Å². The molecular formula is C17H21BrN4OS. The highest BCUT2D eigenvalue weighted by Crippen LogP contribution is 2.39. The predicted molar refractivity (Wildman–Crippen MR) is 98.8 cm³/mol. The molecule has 4 rings (SSSR count). The number of rotatable bonds is 5. The maximum atomic E-state index is 5.99. The number of ether oxygens (including phenoxy) is 1. The molecule has 1 unspecified atom stereocenters. The van der Waals surface area contributed by atoms with Gasteiger partial charge < -0.3 is 9.64 Å². The highest BCUT2D eigenvalue weighted by atomic mass is 79.9. The Hall–Kier alpha value is -1.21. The minimum Gasteiger partial charge on any atom is -0.467 e. The number of aromatic nitrogens is 3. The molecule has 0 aromatic carbocycles. The van der Waals surface area contributed by atoms with E-state index in [1.807, 2.05) is 12.4 Å². The van der Waals surface area contributed by atoms with Crippen molar-refractivity contribution in [2.24, 2.45) is 5.92 Å². The molecule has 1 aliphatic carbocycles. The van der Waals surface area contributed by atoms with Gasteiger partial charge in [-0.05, 0) is 65.9 Å². The monoisotopic (exact) mass is 408 g/mol. The van der Waals surface area contributed by atoms with E-state index in [-0.39, 0.29) is 6.10 Å². The molecule has 2 aliphatic rings. The molecule has 0 spiro atoms. The van der Waals surface area contributed by atoms with E-state index in [4.69, 9.17) is 4.74 Å². The van der Waals surface area contributed by atoms with Gasteiger partial charge in [-0.15, -0.1) is 0 Å². The van der Waals surface area contributed by atoms with Crippen LogP contribution in [0.3, 0.4) is 0 Å². The summed E-state index contributed by atoms with van der Waals surface area (Å²) in [5.41, 5.74) is 1.30.